The maximum Gasteiger partial charge on any atom is 0.326 e. The zero-order chi connectivity index (χ0) is 15.5. The van der Waals surface area contributed by atoms with Gasteiger partial charge in [0.2, 0.25) is 0 Å². The maximum atomic E-state index is 12.4. The van der Waals surface area contributed by atoms with Crippen LogP contribution in [0.25, 0.3) is 0 Å². The van der Waals surface area contributed by atoms with Crippen molar-refractivity contribution in [1.29, 1.82) is 5.26 Å². The van der Waals surface area contributed by atoms with E-state index < -0.39 is 0 Å². The fourth-order valence-electron chi connectivity index (χ4n) is 2.51. The van der Waals surface area contributed by atoms with E-state index >= 15 is 0 Å². The quantitative estimate of drug-likeness (QED) is 0.864. The summed E-state index contributed by atoms with van der Waals surface area (Å²) in [6, 6.07) is 9.37. The number of fused-ring (bicyclic) bond motifs is 1. The van der Waals surface area contributed by atoms with E-state index in [2.05, 4.69) is 16.4 Å². The van der Waals surface area contributed by atoms with Crippen LogP contribution in [0.1, 0.15) is 11.1 Å². The Bertz CT molecular complexity index is 755. The minimum Gasteiger partial charge on any atom is -0.306 e. The Hall–Kier alpha value is -2.52. The number of anilines is 2. The maximum absolute atomic E-state index is 12.4. The Labute approximate surface area is 133 Å². The second-order valence-electron chi connectivity index (χ2n) is 4.87. The molecular formula is C16H14N4OS. The molecular weight excluding hydrogens is 296 g/mol. The first-order valence-electron chi connectivity index (χ1n) is 6.82. The molecule has 3 rings (SSSR count). The number of nitrogens with one attached hydrogen (secondary N) is 1. The molecule has 1 N–H and O–H groups in total. The molecule has 0 saturated heterocycles. The summed E-state index contributed by atoms with van der Waals surface area (Å²) >= 11 is 1.55. The van der Waals surface area contributed by atoms with E-state index in [1.165, 1.54) is 0 Å². The zero-order valence-corrected chi connectivity index (χ0v) is 12.9. The van der Waals surface area contributed by atoms with E-state index in [4.69, 9.17) is 0 Å². The van der Waals surface area contributed by atoms with Crippen LogP contribution >= 0.6 is 11.8 Å². The van der Waals surface area contributed by atoms with Crippen molar-refractivity contribution in [3.05, 3.63) is 47.8 Å². The first kappa shape index (κ1) is 14.4. The van der Waals surface area contributed by atoms with Gasteiger partial charge < -0.3 is 5.32 Å². The normalized spacial score (nSPS) is 12.6. The SMILES string of the molecule is CSc1cc2c(cc1C#N)N(C(=O)Nc1cccnc1)CC2. The number of urea groups is 1. The van der Waals surface area contributed by atoms with E-state index in [0.717, 1.165) is 22.6 Å². The molecule has 1 aromatic carbocycles. The van der Waals surface area contributed by atoms with Crippen LogP contribution in [0.2, 0.25) is 0 Å². The van der Waals surface area contributed by atoms with Crippen LogP contribution in [0.4, 0.5) is 16.2 Å². The lowest BCUT2D eigenvalue weighted by atomic mass is 10.1. The summed E-state index contributed by atoms with van der Waals surface area (Å²) < 4.78 is 0. The number of carbonyl (C=O) groups excluding carboxylic acids is 1. The summed E-state index contributed by atoms with van der Waals surface area (Å²) in [6.07, 6.45) is 6.01. The van der Waals surface area contributed by atoms with Crippen LogP contribution < -0.4 is 10.2 Å². The highest BCUT2D eigenvalue weighted by Gasteiger charge is 2.26. The number of carbonyl (C=O) groups is 1. The van der Waals surface area contributed by atoms with Crippen molar-refractivity contribution in [3.63, 3.8) is 0 Å². The van der Waals surface area contributed by atoms with Gasteiger partial charge in [-0.05, 0) is 42.5 Å². The first-order chi connectivity index (χ1) is 10.7. The predicted octanol–water partition coefficient (Wildman–Crippen LogP) is 3.27. The minimum absolute atomic E-state index is 0.201. The molecule has 2 heterocycles. The predicted molar refractivity (Wildman–Crippen MR) is 87.2 cm³/mol. The number of nitriles is 1. The van der Waals surface area contributed by atoms with Gasteiger partial charge in [-0.25, -0.2) is 4.79 Å². The van der Waals surface area contributed by atoms with Gasteiger partial charge in [-0.15, -0.1) is 11.8 Å². The summed E-state index contributed by atoms with van der Waals surface area (Å²) in [5.74, 6) is 0. The number of thioether (sulfide) groups is 1. The van der Waals surface area contributed by atoms with E-state index in [9.17, 15) is 10.1 Å². The Morgan fingerprint density at radius 1 is 1.50 bits per heavy atom. The van der Waals surface area contributed by atoms with Crippen LogP contribution in [0.15, 0.2) is 41.6 Å². The molecule has 2 aromatic rings. The van der Waals surface area contributed by atoms with Crippen molar-refractivity contribution < 1.29 is 4.79 Å². The summed E-state index contributed by atoms with van der Waals surface area (Å²) in [7, 11) is 0. The molecule has 0 fully saturated rings. The number of hydrogen-bond donors (Lipinski definition) is 1. The van der Waals surface area contributed by atoms with Gasteiger partial charge in [0.25, 0.3) is 0 Å². The highest BCUT2D eigenvalue weighted by Crippen LogP contribution is 2.34. The number of amides is 2. The van der Waals surface area contributed by atoms with Crippen molar-refractivity contribution in [3.8, 4) is 6.07 Å². The topological polar surface area (TPSA) is 69.0 Å². The molecule has 1 aliphatic heterocycles. The molecule has 1 aliphatic rings. The molecule has 1 aromatic heterocycles. The fraction of sp³-hybridized carbons (Fsp3) is 0.188. The molecule has 0 unspecified atom stereocenters. The third-order valence-electron chi connectivity index (χ3n) is 3.57. The van der Waals surface area contributed by atoms with Crippen LogP contribution in [0, 0.1) is 11.3 Å². The van der Waals surface area contributed by atoms with Crippen molar-refractivity contribution in [2.75, 3.05) is 23.0 Å². The van der Waals surface area contributed by atoms with Gasteiger partial charge in [0, 0.05) is 17.6 Å². The van der Waals surface area contributed by atoms with Crippen LogP contribution in [-0.2, 0) is 6.42 Å². The molecule has 0 radical (unpaired) electrons. The standard InChI is InChI=1S/C16H14N4OS/c1-22-15-8-11-4-6-20(14(11)7-12(15)9-17)16(21)19-13-3-2-5-18-10-13/h2-3,5,7-8,10H,4,6H2,1H3,(H,19,21). The Morgan fingerprint density at radius 3 is 3.05 bits per heavy atom. The first-order valence-corrected chi connectivity index (χ1v) is 8.05. The van der Waals surface area contributed by atoms with Gasteiger partial charge in [0.05, 0.1) is 23.1 Å². The lowest BCUT2D eigenvalue weighted by Gasteiger charge is -2.18. The molecule has 110 valence electrons. The monoisotopic (exact) mass is 310 g/mol. The number of hydrogen-bond acceptors (Lipinski definition) is 4. The average molecular weight is 310 g/mol. The highest BCUT2D eigenvalue weighted by molar-refractivity contribution is 7.98. The summed E-state index contributed by atoms with van der Waals surface area (Å²) in [6.45, 7) is 0.615. The third kappa shape index (κ3) is 2.63. The Balaban J connectivity index is 1.88. The summed E-state index contributed by atoms with van der Waals surface area (Å²) in [5.41, 5.74) is 3.18. The van der Waals surface area contributed by atoms with Gasteiger partial charge in [-0.1, -0.05) is 0 Å². The molecule has 0 bridgehead atoms. The van der Waals surface area contributed by atoms with Gasteiger partial charge in [0.15, 0.2) is 0 Å². The largest absolute Gasteiger partial charge is 0.326 e. The van der Waals surface area contributed by atoms with Gasteiger partial charge in [-0.2, -0.15) is 5.26 Å². The van der Waals surface area contributed by atoms with Gasteiger partial charge >= 0.3 is 6.03 Å². The Kier molecular flexibility index (Phi) is 3.98. The molecule has 2 amide bonds. The van der Waals surface area contributed by atoms with E-state index in [1.54, 1.807) is 47.3 Å². The third-order valence-corrected chi connectivity index (χ3v) is 4.35. The number of pyridine rings is 1. The van der Waals surface area contributed by atoms with Crippen LogP contribution in [0.5, 0.6) is 0 Å². The molecule has 0 spiro atoms. The van der Waals surface area contributed by atoms with Crippen LogP contribution in [0.3, 0.4) is 0 Å². The van der Waals surface area contributed by atoms with E-state index in [-0.39, 0.29) is 6.03 Å². The smallest absolute Gasteiger partial charge is 0.306 e. The average Bonchev–Trinajstić information content (AvgIpc) is 2.97. The lowest BCUT2D eigenvalue weighted by molar-refractivity contribution is 0.257. The minimum atomic E-state index is -0.201. The number of benzene rings is 1. The van der Waals surface area contributed by atoms with Crippen LogP contribution in [-0.4, -0.2) is 23.8 Å². The van der Waals surface area contributed by atoms with E-state index in [1.807, 2.05) is 12.3 Å². The molecule has 0 atom stereocenters. The second kappa shape index (κ2) is 6.08. The van der Waals surface area contributed by atoms with Gasteiger partial charge in [0.1, 0.15) is 6.07 Å². The molecule has 0 aliphatic carbocycles. The van der Waals surface area contributed by atoms with Gasteiger partial charge in [-0.3, -0.25) is 9.88 Å². The second-order valence-corrected chi connectivity index (χ2v) is 5.71. The summed E-state index contributed by atoms with van der Waals surface area (Å²) in [4.78, 5) is 19.0. The number of rotatable bonds is 2. The lowest BCUT2D eigenvalue weighted by Crippen LogP contribution is -2.33. The molecule has 6 heteroatoms. The van der Waals surface area contributed by atoms with Crippen molar-refractivity contribution in [2.45, 2.75) is 11.3 Å². The van der Waals surface area contributed by atoms with Crippen molar-refractivity contribution in [1.82, 2.24) is 4.98 Å². The van der Waals surface area contributed by atoms with Crippen molar-refractivity contribution in [2.24, 2.45) is 0 Å². The fourth-order valence-corrected chi connectivity index (χ4v) is 3.09. The highest BCUT2D eigenvalue weighted by atomic mass is 32.2. The Morgan fingerprint density at radius 2 is 2.36 bits per heavy atom. The van der Waals surface area contributed by atoms with Crippen molar-refractivity contribution >= 4 is 29.2 Å². The molecule has 5 nitrogen and oxygen atoms in total. The summed E-state index contributed by atoms with van der Waals surface area (Å²) in [5, 5.41) is 12.1. The number of aromatic nitrogens is 1. The number of nitrogens with zero attached hydrogens (tertiary/aromatic N) is 3. The zero-order valence-electron chi connectivity index (χ0n) is 12.0. The van der Waals surface area contributed by atoms with E-state index in [0.29, 0.717) is 17.8 Å². The molecule has 0 saturated carbocycles. The molecule has 22 heavy (non-hydrogen) atoms.